The second-order valence-corrected chi connectivity index (χ2v) is 3.89. The molecule has 0 fully saturated rings. The van der Waals surface area contributed by atoms with Gasteiger partial charge in [-0.05, 0) is 12.1 Å². The van der Waals surface area contributed by atoms with Gasteiger partial charge in [-0.1, -0.05) is 17.7 Å². The third-order valence-corrected chi connectivity index (χ3v) is 2.83. The van der Waals surface area contributed by atoms with Gasteiger partial charge in [0.05, 0.1) is 15.9 Å². The summed E-state index contributed by atoms with van der Waals surface area (Å²) in [6.45, 7) is 0. The highest BCUT2D eigenvalue weighted by Crippen LogP contribution is 2.26. The Bertz CT molecular complexity index is 463. The van der Waals surface area contributed by atoms with Gasteiger partial charge in [-0.25, -0.2) is 4.98 Å². The van der Waals surface area contributed by atoms with Gasteiger partial charge in [0.25, 0.3) is 0 Å². The molecule has 2 rings (SSSR count). The van der Waals surface area contributed by atoms with Crippen molar-refractivity contribution in [3.05, 3.63) is 28.2 Å². The van der Waals surface area contributed by atoms with E-state index in [4.69, 9.17) is 17.4 Å². The van der Waals surface area contributed by atoms with Crippen molar-refractivity contribution in [2.45, 2.75) is 0 Å². The van der Waals surface area contributed by atoms with Crippen LogP contribution < -0.4 is 5.84 Å². The highest BCUT2D eigenvalue weighted by molar-refractivity contribution is 7.20. The molecular weight excluding hydrogens is 206 g/mol. The molecule has 0 bridgehead atoms. The van der Waals surface area contributed by atoms with Crippen LogP contribution in [0.3, 0.4) is 0 Å². The highest BCUT2D eigenvalue weighted by Gasteiger charge is 2.04. The first kappa shape index (κ1) is 8.47. The number of halogens is 1. The number of hydrazone groups is 1. The Labute approximate surface area is 83.8 Å². The van der Waals surface area contributed by atoms with Crippen molar-refractivity contribution in [2.75, 3.05) is 0 Å². The molecule has 0 saturated carbocycles. The summed E-state index contributed by atoms with van der Waals surface area (Å²) < 4.78 is 1.04. The van der Waals surface area contributed by atoms with Crippen LogP contribution in [0, 0.1) is 0 Å². The van der Waals surface area contributed by atoms with E-state index in [1.807, 2.05) is 18.2 Å². The molecule has 0 unspecified atom stereocenters. The molecule has 0 amide bonds. The number of nitrogens with two attached hydrogens (primary N) is 1. The molecule has 0 radical (unpaired) electrons. The number of fused-ring (bicyclic) bond motifs is 1. The summed E-state index contributed by atoms with van der Waals surface area (Å²) in [5, 5.41) is 4.84. The topological polar surface area (TPSA) is 51.3 Å². The number of hydrogen-bond acceptors (Lipinski definition) is 4. The number of benzene rings is 1. The normalized spacial score (nSPS) is 11.5. The summed E-state index contributed by atoms with van der Waals surface area (Å²) in [5.41, 5.74) is 0.809. The average Bonchev–Trinajstić information content (AvgIpc) is 2.49. The minimum absolute atomic E-state index is 0.658. The van der Waals surface area contributed by atoms with E-state index >= 15 is 0 Å². The second-order valence-electron chi connectivity index (χ2n) is 2.42. The lowest BCUT2D eigenvalue weighted by Gasteiger charge is -1.87. The molecule has 2 N–H and O–H groups in total. The van der Waals surface area contributed by atoms with Crippen LogP contribution in [0.25, 0.3) is 10.2 Å². The maximum Gasteiger partial charge on any atom is 0.137 e. The minimum Gasteiger partial charge on any atom is -0.323 e. The van der Waals surface area contributed by atoms with E-state index in [2.05, 4.69) is 10.1 Å². The van der Waals surface area contributed by atoms with E-state index in [-0.39, 0.29) is 0 Å². The fraction of sp³-hybridized carbons (Fsp3) is 0. The van der Waals surface area contributed by atoms with Crippen LogP contribution in [-0.4, -0.2) is 11.2 Å². The van der Waals surface area contributed by atoms with Gasteiger partial charge in [0.1, 0.15) is 10.5 Å². The molecular formula is C8H6ClN3S. The summed E-state index contributed by atoms with van der Waals surface area (Å²) in [7, 11) is 0. The standard InChI is InChI=1S/C8H6ClN3S/c9-5-2-1-3-6-8(5)12-7(13-6)4-11-10/h1-4H,10H2. The third-order valence-electron chi connectivity index (χ3n) is 1.57. The minimum atomic E-state index is 0.658. The van der Waals surface area contributed by atoms with Gasteiger partial charge in [-0.2, -0.15) is 5.10 Å². The molecule has 0 aliphatic carbocycles. The van der Waals surface area contributed by atoms with Gasteiger partial charge in [-0.15, -0.1) is 11.3 Å². The molecule has 1 aromatic carbocycles. The van der Waals surface area contributed by atoms with E-state index < -0.39 is 0 Å². The Balaban J connectivity index is 2.68. The van der Waals surface area contributed by atoms with Crippen LogP contribution in [0.5, 0.6) is 0 Å². The SMILES string of the molecule is NN=Cc1nc2c(Cl)cccc2s1. The number of aromatic nitrogens is 1. The van der Waals surface area contributed by atoms with Gasteiger partial charge in [-0.3, -0.25) is 0 Å². The largest absolute Gasteiger partial charge is 0.323 e. The molecule has 0 atom stereocenters. The van der Waals surface area contributed by atoms with Gasteiger partial charge in [0.2, 0.25) is 0 Å². The number of hydrogen-bond donors (Lipinski definition) is 1. The summed E-state index contributed by atoms with van der Waals surface area (Å²) in [6, 6.07) is 5.67. The van der Waals surface area contributed by atoms with Crippen molar-refractivity contribution in [1.29, 1.82) is 0 Å². The molecule has 0 spiro atoms. The van der Waals surface area contributed by atoms with Crippen molar-refractivity contribution >= 4 is 39.4 Å². The van der Waals surface area contributed by atoms with Crippen molar-refractivity contribution in [1.82, 2.24) is 4.98 Å². The molecule has 66 valence electrons. The van der Waals surface area contributed by atoms with Crippen LogP contribution in [0.1, 0.15) is 5.01 Å². The van der Waals surface area contributed by atoms with Crippen molar-refractivity contribution in [2.24, 2.45) is 10.9 Å². The van der Waals surface area contributed by atoms with Crippen LogP contribution in [0.4, 0.5) is 0 Å². The summed E-state index contributed by atoms with van der Waals surface area (Å²) >= 11 is 7.45. The molecule has 2 aromatic rings. The van der Waals surface area contributed by atoms with E-state index in [0.717, 1.165) is 15.2 Å². The monoisotopic (exact) mass is 211 g/mol. The number of para-hydroxylation sites is 1. The smallest absolute Gasteiger partial charge is 0.137 e. The second kappa shape index (κ2) is 3.32. The predicted octanol–water partition coefficient (Wildman–Crippen LogP) is 2.24. The van der Waals surface area contributed by atoms with E-state index in [0.29, 0.717) is 5.02 Å². The Morgan fingerprint density at radius 1 is 1.54 bits per heavy atom. The Morgan fingerprint density at radius 3 is 3.08 bits per heavy atom. The van der Waals surface area contributed by atoms with Gasteiger partial charge >= 0.3 is 0 Å². The molecule has 0 saturated heterocycles. The average molecular weight is 212 g/mol. The van der Waals surface area contributed by atoms with Gasteiger partial charge in [0, 0.05) is 0 Å². The highest BCUT2D eigenvalue weighted by atomic mass is 35.5. The molecule has 1 heterocycles. The zero-order valence-electron chi connectivity index (χ0n) is 6.57. The predicted molar refractivity (Wildman–Crippen MR) is 56.4 cm³/mol. The molecule has 1 aromatic heterocycles. The number of thiazole rings is 1. The summed E-state index contributed by atoms with van der Waals surface area (Å²) in [6.07, 6.45) is 1.51. The zero-order valence-corrected chi connectivity index (χ0v) is 8.14. The van der Waals surface area contributed by atoms with Crippen molar-refractivity contribution in [3.8, 4) is 0 Å². The quantitative estimate of drug-likeness (QED) is 0.447. The molecule has 13 heavy (non-hydrogen) atoms. The first-order valence-electron chi connectivity index (χ1n) is 3.59. The fourth-order valence-electron chi connectivity index (χ4n) is 1.05. The first-order valence-corrected chi connectivity index (χ1v) is 4.79. The summed E-state index contributed by atoms with van der Waals surface area (Å²) in [4.78, 5) is 4.26. The number of rotatable bonds is 1. The van der Waals surface area contributed by atoms with Crippen LogP contribution >= 0.6 is 22.9 Å². The Kier molecular flexibility index (Phi) is 2.16. The van der Waals surface area contributed by atoms with Crippen LogP contribution in [0.15, 0.2) is 23.3 Å². The lowest BCUT2D eigenvalue weighted by molar-refractivity contribution is 1.26. The van der Waals surface area contributed by atoms with E-state index in [9.17, 15) is 0 Å². The Morgan fingerprint density at radius 2 is 2.38 bits per heavy atom. The van der Waals surface area contributed by atoms with Crippen molar-refractivity contribution in [3.63, 3.8) is 0 Å². The molecule has 0 aliphatic heterocycles. The van der Waals surface area contributed by atoms with E-state index in [1.54, 1.807) is 0 Å². The molecule has 0 aliphatic rings. The fourth-order valence-corrected chi connectivity index (χ4v) is 2.20. The Hall–Kier alpha value is -1.13. The lowest BCUT2D eigenvalue weighted by Crippen LogP contribution is -1.83. The lowest BCUT2D eigenvalue weighted by atomic mass is 10.3. The zero-order chi connectivity index (χ0) is 9.26. The van der Waals surface area contributed by atoms with Crippen LogP contribution in [0.2, 0.25) is 5.02 Å². The maximum absolute atomic E-state index is 5.94. The first-order chi connectivity index (χ1) is 6.31. The van der Waals surface area contributed by atoms with Crippen molar-refractivity contribution < 1.29 is 0 Å². The van der Waals surface area contributed by atoms with Crippen LogP contribution in [-0.2, 0) is 0 Å². The van der Waals surface area contributed by atoms with Gasteiger partial charge in [0.15, 0.2) is 0 Å². The van der Waals surface area contributed by atoms with Gasteiger partial charge < -0.3 is 5.84 Å². The molecule has 3 nitrogen and oxygen atoms in total. The molecule has 5 heteroatoms. The maximum atomic E-state index is 5.94. The number of nitrogens with zero attached hydrogens (tertiary/aromatic N) is 2. The summed E-state index contributed by atoms with van der Waals surface area (Å²) in [5.74, 6) is 5.02. The third kappa shape index (κ3) is 1.50. The van der Waals surface area contributed by atoms with E-state index in [1.165, 1.54) is 17.6 Å².